The van der Waals surface area contributed by atoms with Crippen LogP contribution < -0.4 is 4.74 Å². The lowest BCUT2D eigenvalue weighted by atomic mass is 10.2. The van der Waals surface area contributed by atoms with E-state index >= 15 is 0 Å². The first-order chi connectivity index (χ1) is 13.7. The zero-order valence-electron chi connectivity index (χ0n) is 15.2. The number of halogens is 1. The van der Waals surface area contributed by atoms with Gasteiger partial charge in [-0.15, -0.1) is 15.0 Å². The van der Waals surface area contributed by atoms with Gasteiger partial charge in [-0.05, 0) is 42.0 Å². The van der Waals surface area contributed by atoms with Crippen LogP contribution in [0.4, 0.5) is 0 Å². The molecule has 0 spiro atoms. The van der Waals surface area contributed by atoms with Gasteiger partial charge in [0.25, 0.3) is 5.82 Å². The van der Waals surface area contributed by atoms with Gasteiger partial charge in [0.1, 0.15) is 5.75 Å². The SMILES string of the molecule is COc1ccc(Cl)cc1CN1CCCN1C(=O)c1nnn(-c2ccccn2)n1. The Bertz CT molecular complexity index is 979. The van der Waals surface area contributed by atoms with Crippen molar-refractivity contribution in [1.29, 1.82) is 0 Å². The number of hydrogen-bond acceptors (Lipinski definition) is 7. The Hall–Kier alpha value is -3.04. The third kappa shape index (κ3) is 3.67. The summed E-state index contributed by atoms with van der Waals surface area (Å²) in [5, 5.41) is 16.2. The molecular weight excluding hydrogens is 382 g/mol. The monoisotopic (exact) mass is 399 g/mol. The second-order valence-electron chi connectivity index (χ2n) is 6.22. The molecule has 0 radical (unpaired) electrons. The van der Waals surface area contributed by atoms with Gasteiger partial charge >= 0.3 is 5.91 Å². The molecule has 3 aromatic rings. The zero-order valence-corrected chi connectivity index (χ0v) is 16.0. The molecule has 28 heavy (non-hydrogen) atoms. The standard InChI is InChI=1S/C18H18ClN7O2/c1-28-15-7-6-14(19)11-13(15)12-24-9-4-10-25(24)18(27)17-21-23-26(22-17)16-5-2-3-8-20-16/h2-3,5-8,11H,4,9-10,12H2,1H3. The first-order valence-electron chi connectivity index (χ1n) is 8.76. The van der Waals surface area contributed by atoms with Gasteiger partial charge in [0, 0.05) is 36.4 Å². The summed E-state index contributed by atoms with van der Waals surface area (Å²) in [5.74, 6) is 0.940. The Labute approximate surface area is 166 Å². The highest BCUT2D eigenvalue weighted by molar-refractivity contribution is 6.30. The molecule has 9 nitrogen and oxygen atoms in total. The fourth-order valence-electron chi connectivity index (χ4n) is 3.11. The molecule has 1 aliphatic rings. The highest BCUT2D eigenvalue weighted by Gasteiger charge is 2.31. The van der Waals surface area contributed by atoms with Crippen molar-refractivity contribution < 1.29 is 9.53 Å². The minimum atomic E-state index is -0.305. The van der Waals surface area contributed by atoms with E-state index in [1.165, 1.54) is 4.80 Å². The number of methoxy groups -OCH3 is 1. The lowest BCUT2D eigenvalue weighted by Gasteiger charge is -2.27. The van der Waals surface area contributed by atoms with E-state index < -0.39 is 0 Å². The molecule has 0 bridgehead atoms. The van der Waals surface area contributed by atoms with Crippen LogP contribution in [-0.4, -0.2) is 61.3 Å². The molecule has 2 aromatic heterocycles. The highest BCUT2D eigenvalue weighted by atomic mass is 35.5. The molecule has 10 heteroatoms. The number of hydrogen-bond donors (Lipinski definition) is 0. The number of pyridine rings is 1. The van der Waals surface area contributed by atoms with Crippen LogP contribution in [0, 0.1) is 0 Å². The number of hydrazine groups is 1. The zero-order chi connectivity index (χ0) is 19.5. The Balaban J connectivity index is 1.53. The Morgan fingerprint density at radius 2 is 2.14 bits per heavy atom. The van der Waals surface area contributed by atoms with Gasteiger partial charge in [0.2, 0.25) is 0 Å². The molecule has 0 N–H and O–H groups in total. The van der Waals surface area contributed by atoms with Crippen LogP contribution in [0.25, 0.3) is 5.82 Å². The quantitative estimate of drug-likeness (QED) is 0.648. The van der Waals surface area contributed by atoms with E-state index in [0.717, 1.165) is 24.3 Å². The molecule has 0 aliphatic carbocycles. The summed E-state index contributed by atoms with van der Waals surface area (Å²) in [5.41, 5.74) is 0.903. The van der Waals surface area contributed by atoms with Crippen LogP contribution >= 0.6 is 11.6 Å². The molecule has 1 amide bonds. The van der Waals surface area contributed by atoms with Crippen LogP contribution in [0.3, 0.4) is 0 Å². The topological polar surface area (TPSA) is 89.3 Å². The largest absolute Gasteiger partial charge is 0.496 e. The smallest absolute Gasteiger partial charge is 0.309 e. The lowest BCUT2D eigenvalue weighted by Crippen LogP contribution is -2.41. The average Bonchev–Trinajstić information content (AvgIpc) is 3.38. The van der Waals surface area contributed by atoms with Crippen molar-refractivity contribution in [3.05, 3.63) is 59.0 Å². The Kier molecular flexibility index (Phi) is 5.18. The minimum Gasteiger partial charge on any atom is -0.496 e. The van der Waals surface area contributed by atoms with Crippen molar-refractivity contribution in [3.8, 4) is 11.6 Å². The van der Waals surface area contributed by atoms with Crippen LogP contribution in [0.15, 0.2) is 42.6 Å². The van der Waals surface area contributed by atoms with E-state index in [1.807, 2.05) is 23.2 Å². The van der Waals surface area contributed by atoms with Crippen LogP contribution in [0.5, 0.6) is 5.75 Å². The summed E-state index contributed by atoms with van der Waals surface area (Å²) >= 11 is 6.12. The summed E-state index contributed by atoms with van der Waals surface area (Å²) in [6.45, 7) is 1.81. The second kappa shape index (κ2) is 7.91. The number of ether oxygens (including phenoxy) is 1. The maximum Gasteiger partial charge on any atom is 0.309 e. The van der Waals surface area contributed by atoms with Gasteiger partial charge in [0.15, 0.2) is 5.82 Å². The van der Waals surface area contributed by atoms with Crippen molar-refractivity contribution in [2.24, 2.45) is 0 Å². The summed E-state index contributed by atoms with van der Waals surface area (Å²) in [6, 6.07) is 10.8. The number of rotatable bonds is 5. The van der Waals surface area contributed by atoms with E-state index in [4.69, 9.17) is 16.3 Å². The Morgan fingerprint density at radius 1 is 1.25 bits per heavy atom. The number of carbonyl (C=O) groups excluding carboxylic acids is 1. The minimum absolute atomic E-state index is 0.0237. The molecule has 1 aliphatic heterocycles. The van der Waals surface area contributed by atoms with E-state index in [-0.39, 0.29) is 11.7 Å². The molecule has 0 unspecified atom stereocenters. The number of benzene rings is 1. The number of nitrogens with zero attached hydrogens (tertiary/aromatic N) is 7. The van der Waals surface area contributed by atoms with Gasteiger partial charge < -0.3 is 4.74 Å². The third-order valence-electron chi connectivity index (χ3n) is 4.42. The predicted octanol–water partition coefficient (Wildman–Crippen LogP) is 1.98. The number of carbonyl (C=O) groups is 1. The Morgan fingerprint density at radius 3 is 2.93 bits per heavy atom. The normalized spacial score (nSPS) is 14.4. The summed E-state index contributed by atoms with van der Waals surface area (Å²) in [4.78, 5) is 18.3. The van der Waals surface area contributed by atoms with Gasteiger partial charge in [-0.1, -0.05) is 17.7 Å². The van der Waals surface area contributed by atoms with Gasteiger partial charge in [0.05, 0.1) is 7.11 Å². The third-order valence-corrected chi connectivity index (χ3v) is 4.65. The molecule has 4 rings (SSSR count). The van der Waals surface area contributed by atoms with E-state index in [9.17, 15) is 4.79 Å². The van der Waals surface area contributed by atoms with Gasteiger partial charge in [-0.25, -0.2) is 9.99 Å². The summed E-state index contributed by atoms with van der Waals surface area (Å²) < 4.78 is 5.41. The number of aromatic nitrogens is 5. The summed E-state index contributed by atoms with van der Waals surface area (Å²) in [7, 11) is 1.61. The highest BCUT2D eigenvalue weighted by Crippen LogP contribution is 2.26. The van der Waals surface area contributed by atoms with Crippen molar-refractivity contribution in [3.63, 3.8) is 0 Å². The number of amides is 1. The molecule has 1 saturated heterocycles. The van der Waals surface area contributed by atoms with Crippen molar-refractivity contribution in [1.82, 2.24) is 35.2 Å². The van der Waals surface area contributed by atoms with E-state index in [2.05, 4.69) is 20.4 Å². The maximum absolute atomic E-state index is 12.9. The number of tetrazole rings is 1. The summed E-state index contributed by atoms with van der Waals surface area (Å²) in [6.07, 6.45) is 2.48. The van der Waals surface area contributed by atoms with Crippen LogP contribution in [0.2, 0.25) is 5.02 Å². The van der Waals surface area contributed by atoms with Crippen molar-refractivity contribution in [2.45, 2.75) is 13.0 Å². The van der Waals surface area contributed by atoms with E-state index in [1.54, 1.807) is 36.5 Å². The van der Waals surface area contributed by atoms with E-state index in [0.29, 0.717) is 23.9 Å². The molecule has 0 atom stereocenters. The first kappa shape index (κ1) is 18.3. The molecular formula is C18H18ClN7O2. The van der Waals surface area contributed by atoms with Crippen molar-refractivity contribution >= 4 is 17.5 Å². The fraction of sp³-hybridized carbons (Fsp3) is 0.278. The van der Waals surface area contributed by atoms with Crippen LogP contribution in [-0.2, 0) is 6.54 Å². The average molecular weight is 400 g/mol. The van der Waals surface area contributed by atoms with Crippen molar-refractivity contribution in [2.75, 3.05) is 20.2 Å². The lowest BCUT2D eigenvalue weighted by molar-refractivity contribution is 0.0155. The molecule has 1 fully saturated rings. The molecule has 3 heterocycles. The van der Waals surface area contributed by atoms with Crippen LogP contribution in [0.1, 0.15) is 22.6 Å². The molecule has 144 valence electrons. The molecule has 0 saturated carbocycles. The second-order valence-corrected chi connectivity index (χ2v) is 6.65. The molecule has 1 aromatic carbocycles. The fourth-order valence-corrected chi connectivity index (χ4v) is 3.31. The van der Waals surface area contributed by atoms with Gasteiger partial charge in [-0.3, -0.25) is 9.80 Å². The van der Waals surface area contributed by atoms with Gasteiger partial charge in [-0.2, -0.15) is 0 Å². The predicted molar refractivity (Wildman–Crippen MR) is 101 cm³/mol. The first-order valence-corrected chi connectivity index (χ1v) is 9.14. The maximum atomic E-state index is 12.9.